The molecular formula is C33H27N7O6. The van der Waals surface area contributed by atoms with E-state index in [4.69, 9.17) is 16.6 Å². The summed E-state index contributed by atoms with van der Waals surface area (Å²) in [6, 6.07) is 25.8. The number of nitrogens with zero attached hydrogens (tertiary/aromatic N) is 5. The van der Waals surface area contributed by atoms with Crippen LogP contribution < -0.4 is 11.5 Å². The number of hydrogen-bond donors (Lipinski definition) is 5. The lowest BCUT2D eigenvalue weighted by molar-refractivity contribution is 0.0696. The largest absolute Gasteiger partial charge is 0.507 e. The summed E-state index contributed by atoms with van der Waals surface area (Å²) in [5.74, 6) is -1.17. The Morgan fingerprint density at radius 2 is 1.04 bits per heavy atom. The van der Waals surface area contributed by atoms with Gasteiger partial charge in [0.15, 0.2) is 11.6 Å². The van der Waals surface area contributed by atoms with Crippen molar-refractivity contribution in [3.05, 3.63) is 139 Å². The van der Waals surface area contributed by atoms with E-state index in [1.807, 2.05) is 0 Å². The van der Waals surface area contributed by atoms with Gasteiger partial charge in [-0.1, -0.05) is 24.3 Å². The lowest BCUT2D eigenvalue weighted by atomic mass is 10.1. The molecule has 0 radical (unpaired) electrons. The Kier molecular flexibility index (Phi) is 10.5. The number of carboxylic acid groups (broad SMARTS) is 1. The third-order valence-corrected chi connectivity index (χ3v) is 6.19. The summed E-state index contributed by atoms with van der Waals surface area (Å²) in [6.45, 7) is 0. The van der Waals surface area contributed by atoms with Crippen molar-refractivity contribution >= 4 is 17.8 Å². The van der Waals surface area contributed by atoms with Crippen LogP contribution in [-0.4, -0.2) is 57.8 Å². The molecule has 6 rings (SSSR count). The second-order valence-corrected chi connectivity index (χ2v) is 9.26. The third-order valence-electron chi connectivity index (χ3n) is 6.19. The molecule has 0 aliphatic carbocycles. The summed E-state index contributed by atoms with van der Waals surface area (Å²) >= 11 is 0. The van der Waals surface area contributed by atoms with Crippen molar-refractivity contribution in [2.75, 3.05) is 0 Å². The number of carbonyl (C=O) groups is 3. The number of para-hydroxylation sites is 2. The SMILES string of the molecule is NC(=O)c1ccncc1.NC(=O)c1ccncc1.O=C(O)c1ccc(-n2nc(-c3ccccc3O)nc2-c2ccccc2O)cc1. The zero-order chi connectivity index (χ0) is 33.1. The molecule has 0 aliphatic rings. The molecule has 13 heteroatoms. The van der Waals surface area contributed by atoms with Crippen LogP contribution in [0.15, 0.2) is 122 Å². The number of hydrogen-bond acceptors (Lipinski definition) is 9. The highest BCUT2D eigenvalue weighted by atomic mass is 16.4. The van der Waals surface area contributed by atoms with Crippen LogP contribution in [0.3, 0.4) is 0 Å². The molecule has 230 valence electrons. The maximum absolute atomic E-state index is 11.1. The Morgan fingerprint density at radius 3 is 1.46 bits per heavy atom. The molecular weight excluding hydrogens is 590 g/mol. The van der Waals surface area contributed by atoms with Gasteiger partial charge in [0.25, 0.3) is 0 Å². The number of carbonyl (C=O) groups excluding carboxylic acids is 2. The normalized spacial score (nSPS) is 10.0. The molecule has 3 aromatic heterocycles. The summed E-state index contributed by atoms with van der Waals surface area (Å²) in [6.07, 6.45) is 6.11. The molecule has 0 saturated heterocycles. The van der Waals surface area contributed by atoms with Gasteiger partial charge < -0.3 is 26.8 Å². The average Bonchev–Trinajstić information content (AvgIpc) is 3.51. The van der Waals surface area contributed by atoms with Crippen molar-refractivity contribution in [2.24, 2.45) is 11.5 Å². The van der Waals surface area contributed by atoms with Crippen molar-refractivity contribution in [2.45, 2.75) is 0 Å². The van der Waals surface area contributed by atoms with Gasteiger partial charge in [-0.15, -0.1) is 5.10 Å². The van der Waals surface area contributed by atoms with Crippen LogP contribution in [0.4, 0.5) is 0 Å². The number of carboxylic acids is 1. The van der Waals surface area contributed by atoms with E-state index in [0.29, 0.717) is 33.8 Å². The lowest BCUT2D eigenvalue weighted by Gasteiger charge is -2.07. The average molecular weight is 618 g/mol. The molecule has 0 bridgehead atoms. The molecule has 0 atom stereocenters. The first-order valence-electron chi connectivity index (χ1n) is 13.4. The lowest BCUT2D eigenvalue weighted by Crippen LogP contribution is -2.10. The molecule has 3 aromatic carbocycles. The van der Waals surface area contributed by atoms with Crippen LogP contribution in [-0.2, 0) is 0 Å². The van der Waals surface area contributed by atoms with Crippen LogP contribution in [0, 0.1) is 0 Å². The fraction of sp³-hybridized carbons (Fsp3) is 0. The Balaban J connectivity index is 0.000000216. The number of aromatic hydroxyl groups is 2. The summed E-state index contributed by atoms with van der Waals surface area (Å²) < 4.78 is 1.50. The van der Waals surface area contributed by atoms with E-state index in [1.165, 1.54) is 47.7 Å². The molecule has 0 fully saturated rings. The van der Waals surface area contributed by atoms with Gasteiger partial charge in [-0.3, -0.25) is 19.6 Å². The molecule has 0 aliphatic heterocycles. The predicted octanol–water partition coefficient (Wildman–Crippen LogP) is 4.07. The number of nitrogens with two attached hydrogens (primary N) is 2. The van der Waals surface area contributed by atoms with E-state index in [9.17, 15) is 24.6 Å². The van der Waals surface area contributed by atoms with Gasteiger partial charge in [0.1, 0.15) is 11.5 Å². The van der Waals surface area contributed by atoms with Crippen LogP contribution in [0.25, 0.3) is 28.5 Å². The topological polar surface area (TPSA) is 220 Å². The quantitative estimate of drug-likeness (QED) is 0.180. The Morgan fingerprint density at radius 1 is 0.587 bits per heavy atom. The van der Waals surface area contributed by atoms with Crippen LogP contribution >= 0.6 is 0 Å². The van der Waals surface area contributed by atoms with Gasteiger partial charge in [-0.25, -0.2) is 14.5 Å². The summed E-state index contributed by atoms with van der Waals surface area (Å²) in [5, 5.41) is 34.0. The van der Waals surface area contributed by atoms with Gasteiger partial charge in [-0.05, 0) is 72.8 Å². The highest BCUT2D eigenvalue weighted by Crippen LogP contribution is 2.33. The number of phenols is 2. The van der Waals surface area contributed by atoms with Crippen molar-refractivity contribution in [1.82, 2.24) is 24.7 Å². The summed E-state index contributed by atoms with van der Waals surface area (Å²) in [4.78, 5) is 43.9. The van der Waals surface area contributed by atoms with E-state index in [1.54, 1.807) is 78.9 Å². The molecule has 0 spiro atoms. The minimum absolute atomic E-state index is 0.0298. The van der Waals surface area contributed by atoms with Crippen molar-refractivity contribution in [3.8, 4) is 40.0 Å². The first-order valence-corrected chi connectivity index (χ1v) is 13.4. The molecule has 6 aromatic rings. The van der Waals surface area contributed by atoms with Gasteiger partial charge in [0.05, 0.1) is 22.4 Å². The minimum Gasteiger partial charge on any atom is -0.507 e. The maximum atomic E-state index is 11.1. The van der Waals surface area contributed by atoms with Crippen molar-refractivity contribution < 1.29 is 29.7 Å². The standard InChI is InChI=1S/C21H15N3O4.2C6H6N2O/c25-17-7-3-1-5-15(17)19-22-20(16-6-2-4-8-18(16)26)24(23-19)14-11-9-13(10-12-14)21(27)28;2*7-6(9)5-1-3-8-4-2-5/h1-12,25-26H,(H,27,28);2*1-4H,(H2,7,9). The molecule has 0 saturated carbocycles. The highest BCUT2D eigenvalue weighted by Gasteiger charge is 2.19. The van der Waals surface area contributed by atoms with E-state index in [-0.39, 0.29) is 22.9 Å². The number of pyridine rings is 2. The number of benzene rings is 3. The molecule has 3 heterocycles. The van der Waals surface area contributed by atoms with Crippen molar-refractivity contribution in [3.63, 3.8) is 0 Å². The monoisotopic (exact) mass is 617 g/mol. The zero-order valence-electron chi connectivity index (χ0n) is 24.0. The van der Waals surface area contributed by atoms with Crippen LogP contribution in [0.1, 0.15) is 31.1 Å². The Labute approximate surface area is 262 Å². The van der Waals surface area contributed by atoms with Crippen LogP contribution in [0.2, 0.25) is 0 Å². The van der Waals surface area contributed by atoms with E-state index in [2.05, 4.69) is 20.1 Å². The number of primary amides is 2. The zero-order valence-corrected chi connectivity index (χ0v) is 24.0. The Hall–Kier alpha value is -6.89. The number of amides is 2. The first kappa shape index (κ1) is 32.0. The molecule has 13 nitrogen and oxygen atoms in total. The number of phenolic OH excluding ortho intramolecular Hbond substituents is 2. The molecule has 7 N–H and O–H groups in total. The molecule has 0 unspecified atom stereocenters. The number of aromatic carboxylic acids is 1. The first-order chi connectivity index (χ1) is 22.2. The van der Waals surface area contributed by atoms with Gasteiger partial charge in [0.2, 0.25) is 11.8 Å². The fourth-order valence-electron chi connectivity index (χ4n) is 3.88. The summed E-state index contributed by atoms with van der Waals surface area (Å²) in [5.41, 5.74) is 12.5. The van der Waals surface area contributed by atoms with E-state index in [0.717, 1.165) is 0 Å². The molecule has 2 amide bonds. The van der Waals surface area contributed by atoms with Crippen LogP contribution in [0.5, 0.6) is 11.5 Å². The second-order valence-electron chi connectivity index (χ2n) is 9.26. The molecule has 46 heavy (non-hydrogen) atoms. The minimum atomic E-state index is -1.03. The second kappa shape index (κ2) is 15.0. The smallest absolute Gasteiger partial charge is 0.335 e. The van der Waals surface area contributed by atoms with E-state index < -0.39 is 17.8 Å². The predicted molar refractivity (Wildman–Crippen MR) is 168 cm³/mol. The van der Waals surface area contributed by atoms with Gasteiger partial charge >= 0.3 is 5.97 Å². The summed E-state index contributed by atoms with van der Waals surface area (Å²) in [7, 11) is 0. The highest BCUT2D eigenvalue weighted by molar-refractivity contribution is 5.93. The fourth-order valence-corrected chi connectivity index (χ4v) is 3.88. The Bertz CT molecular complexity index is 1900. The third kappa shape index (κ3) is 8.14. The van der Waals surface area contributed by atoms with Gasteiger partial charge in [0, 0.05) is 35.9 Å². The van der Waals surface area contributed by atoms with E-state index >= 15 is 0 Å². The van der Waals surface area contributed by atoms with Gasteiger partial charge in [-0.2, -0.15) is 0 Å². The number of rotatable bonds is 6. The van der Waals surface area contributed by atoms with Crippen molar-refractivity contribution in [1.29, 1.82) is 0 Å². The number of aromatic nitrogens is 5. The maximum Gasteiger partial charge on any atom is 0.335 e.